The van der Waals surface area contributed by atoms with Crippen LogP contribution in [0, 0.1) is 6.92 Å². The first-order chi connectivity index (χ1) is 8.75. The topological polar surface area (TPSA) is 45.8 Å². The number of rotatable bonds is 1. The van der Waals surface area contributed by atoms with E-state index >= 15 is 0 Å². The molecule has 3 rings (SSSR count). The zero-order chi connectivity index (χ0) is 12.5. The van der Waals surface area contributed by atoms with Gasteiger partial charge in [-0.25, -0.2) is 0 Å². The van der Waals surface area contributed by atoms with Crippen LogP contribution in [0.1, 0.15) is 5.69 Å². The molecule has 3 heteroatoms. The maximum Gasteiger partial charge on any atom is 0.257 e. The van der Waals surface area contributed by atoms with Crippen molar-refractivity contribution < 1.29 is 0 Å². The molecule has 1 aromatic carbocycles. The summed E-state index contributed by atoms with van der Waals surface area (Å²) in [4.78, 5) is 18.9. The molecule has 0 aliphatic heterocycles. The lowest BCUT2D eigenvalue weighted by Gasteiger charge is -2.06. The van der Waals surface area contributed by atoms with E-state index in [1.165, 1.54) is 0 Å². The number of hydrogen-bond donors (Lipinski definition) is 1. The van der Waals surface area contributed by atoms with Gasteiger partial charge in [-0.15, -0.1) is 0 Å². The highest BCUT2D eigenvalue weighted by molar-refractivity contribution is 5.83. The molecule has 0 atom stereocenters. The molecule has 88 valence electrons. The zero-order valence-corrected chi connectivity index (χ0v) is 9.97. The number of nitrogens with zero attached hydrogens (tertiary/aromatic N) is 1. The van der Waals surface area contributed by atoms with Crippen molar-refractivity contribution in [3.05, 3.63) is 64.7 Å². The molecule has 2 heterocycles. The Hall–Kier alpha value is -2.42. The van der Waals surface area contributed by atoms with Crippen molar-refractivity contribution in [2.75, 3.05) is 0 Å². The first-order valence-corrected chi connectivity index (χ1v) is 5.80. The minimum Gasteiger partial charge on any atom is -0.328 e. The van der Waals surface area contributed by atoms with Crippen LogP contribution in [0.4, 0.5) is 0 Å². The van der Waals surface area contributed by atoms with Crippen LogP contribution in [0.5, 0.6) is 0 Å². The van der Waals surface area contributed by atoms with Crippen LogP contribution in [0.25, 0.3) is 22.0 Å². The van der Waals surface area contributed by atoms with Crippen molar-refractivity contribution in [3.8, 4) is 11.1 Å². The Kier molecular flexibility index (Phi) is 2.45. The van der Waals surface area contributed by atoms with Crippen LogP contribution >= 0.6 is 0 Å². The lowest BCUT2D eigenvalue weighted by Crippen LogP contribution is -2.06. The molecule has 3 aromatic rings. The summed E-state index contributed by atoms with van der Waals surface area (Å²) >= 11 is 0. The van der Waals surface area contributed by atoms with E-state index in [1.807, 2.05) is 49.4 Å². The fourth-order valence-electron chi connectivity index (χ4n) is 2.12. The van der Waals surface area contributed by atoms with Gasteiger partial charge in [0.15, 0.2) is 0 Å². The third-order valence-electron chi connectivity index (χ3n) is 3.03. The van der Waals surface area contributed by atoms with Gasteiger partial charge in [-0.05, 0) is 24.6 Å². The van der Waals surface area contributed by atoms with Gasteiger partial charge in [0.1, 0.15) is 0 Å². The lowest BCUT2D eigenvalue weighted by atomic mass is 10.0. The normalized spacial score (nSPS) is 10.7. The molecule has 0 spiro atoms. The monoisotopic (exact) mass is 236 g/mol. The van der Waals surface area contributed by atoms with E-state index in [0.29, 0.717) is 5.39 Å². The number of hydrogen-bond acceptors (Lipinski definition) is 2. The average Bonchev–Trinajstić information content (AvgIpc) is 2.39. The summed E-state index contributed by atoms with van der Waals surface area (Å²) < 4.78 is 0. The minimum atomic E-state index is -0.0998. The number of pyridine rings is 2. The molecule has 0 saturated carbocycles. The van der Waals surface area contributed by atoms with Crippen molar-refractivity contribution in [3.63, 3.8) is 0 Å². The molecule has 18 heavy (non-hydrogen) atoms. The van der Waals surface area contributed by atoms with Crippen LogP contribution in [0.2, 0.25) is 0 Å². The van der Waals surface area contributed by atoms with Crippen molar-refractivity contribution in [2.45, 2.75) is 6.92 Å². The summed E-state index contributed by atoms with van der Waals surface area (Å²) in [5.74, 6) is 0. The van der Waals surface area contributed by atoms with Gasteiger partial charge in [0.05, 0.1) is 10.9 Å². The van der Waals surface area contributed by atoms with Crippen molar-refractivity contribution in [1.29, 1.82) is 0 Å². The summed E-state index contributed by atoms with van der Waals surface area (Å²) in [6, 6.07) is 13.7. The van der Waals surface area contributed by atoms with Gasteiger partial charge in [0.25, 0.3) is 5.56 Å². The van der Waals surface area contributed by atoms with Crippen LogP contribution in [0.3, 0.4) is 0 Å². The molecule has 3 nitrogen and oxygen atoms in total. The quantitative estimate of drug-likeness (QED) is 0.706. The van der Waals surface area contributed by atoms with Gasteiger partial charge < -0.3 is 4.98 Å². The number of aromatic amines is 1. The Balaban J connectivity index is 2.34. The average molecular weight is 236 g/mol. The Labute approximate surface area is 104 Å². The van der Waals surface area contributed by atoms with E-state index in [-0.39, 0.29) is 5.56 Å². The van der Waals surface area contributed by atoms with Gasteiger partial charge in [0.2, 0.25) is 0 Å². The first-order valence-electron chi connectivity index (χ1n) is 5.80. The number of fused-ring (bicyclic) bond motifs is 1. The lowest BCUT2D eigenvalue weighted by molar-refractivity contribution is 1.22. The highest BCUT2D eigenvalue weighted by Crippen LogP contribution is 2.24. The van der Waals surface area contributed by atoms with E-state index < -0.39 is 0 Å². The second-order valence-electron chi connectivity index (χ2n) is 4.23. The predicted octanol–water partition coefficient (Wildman–Crippen LogP) is 2.90. The second-order valence-corrected chi connectivity index (χ2v) is 4.23. The predicted molar refractivity (Wildman–Crippen MR) is 72.5 cm³/mol. The van der Waals surface area contributed by atoms with E-state index in [0.717, 1.165) is 22.3 Å². The van der Waals surface area contributed by atoms with E-state index in [1.54, 1.807) is 6.20 Å². The SMILES string of the molecule is Cc1nc2cc[nH]c(=O)c2cc1-c1ccccc1. The van der Waals surface area contributed by atoms with E-state index in [9.17, 15) is 4.79 Å². The molecular weight excluding hydrogens is 224 g/mol. The maximum atomic E-state index is 11.8. The van der Waals surface area contributed by atoms with Crippen LogP contribution < -0.4 is 5.56 Å². The number of aryl methyl sites for hydroxylation is 1. The Morgan fingerprint density at radius 3 is 2.67 bits per heavy atom. The minimum absolute atomic E-state index is 0.0998. The van der Waals surface area contributed by atoms with Gasteiger partial charge in [-0.1, -0.05) is 30.3 Å². The third-order valence-corrected chi connectivity index (χ3v) is 3.03. The molecule has 0 fully saturated rings. The summed E-state index contributed by atoms with van der Waals surface area (Å²) in [5, 5.41) is 0.627. The number of aromatic nitrogens is 2. The molecule has 1 N–H and O–H groups in total. The molecule has 0 unspecified atom stereocenters. The van der Waals surface area contributed by atoms with Crippen LogP contribution in [-0.2, 0) is 0 Å². The Bertz CT molecular complexity index is 760. The van der Waals surface area contributed by atoms with Crippen molar-refractivity contribution in [2.24, 2.45) is 0 Å². The molecule has 0 aliphatic carbocycles. The Morgan fingerprint density at radius 2 is 1.89 bits per heavy atom. The van der Waals surface area contributed by atoms with Gasteiger partial charge in [0, 0.05) is 17.5 Å². The van der Waals surface area contributed by atoms with E-state index in [2.05, 4.69) is 9.97 Å². The number of nitrogens with one attached hydrogen (secondary N) is 1. The smallest absolute Gasteiger partial charge is 0.257 e. The summed E-state index contributed by atoms with van der Waals surface area (Å²) in [6.45, 7) is 1.96. The first kappa shape index (κ1) is 10.7. The maximum absolute atomic E-state index is 11.8. The Morgan fingerprint density at radius 1 is 1.11 bits per heavy atom. The van der Waals surface area contributed by atoms with Gasteiger partial charge in [-0.2, -0.15) is 0 Å². The second kappa shape index (κ2) is 4.11. The molecule has 0 amide bonds. The zero-order valence-electron chi connectivity index (χ0n) is 9.97. The molecule has 0 aliphatic rings. The third kappa shape index (κ3) is 1.70. The summed E-state index contributed by atoms with van der Waals surface area (Å²) in [6.07, 6.45) is 1.62. The van der Waals surface area contributed by atoms with Crippen molar-refractivity contribution >= 4 is 10.9 Å². The van der Waals surface area contributed by atoms with Crippen LogP contribution in [-0.4, -0.2) is 9.97 Å². The van der Waals surface area contributed by atoms with Gasteiger partial charge in [-0.3, -0.25) is 9.78 Å². The van der Waals surface area contributed by atoms with Crippen LogP contribution in [0.15, 0.2) is 53.5 Å². The summed E-state index contributed by atoms with van der Waals surface area (Å²) in [7, 11) is 0. The fraction of sp³-hybridized carbons (Fsp3) is 0.0667. The standard InChI is InChI=1S/C15H12N2O/c1-10-12(11-5-3-2-4-6-11)9-13-14(17-10)7-8-16-15(13)18/h2-9H,1H3,(H,16,18). The number of H-pyrrole nitrogens is 1. The summed E-state index contributed by atoms with van der Waals surface area (Å²) in [5.41, 5.74) is 3.64. The molecular formula is C15H12N2O. The molecule has 0 bridgehead atoms. The largest absolute Gasteiger partial charge is 0.328 e. The molecule has 0 saturated heterocycles. The molecule has 0 radical (unpaired) electrons. The number of benzene rings is 1. The highest BCUT2D eigenvalue weighted by atomic mass is 16.1. The highest BCUT2D eigenvalue weighted by Gasteiger charge is 2.07. The van der Waals surface area contributed by atoms with Gasteiger partial charge >= 0.3 is 0 Å². The van der Waals surface area contributed by atoms with Crippen molar-refractivity contribution in [1.82, 2.24) is 9.97 Å². The molecule has 2 aromatic heterocycles. The van der Waals surface area contributed by atoms with E-state index in [4.69, 9.17) is 0 Å². The fourth-order valence-corrected chi connectivity index (χ4v) is 2.12.